The molecule has 1 saturated carbocycles. The highest BCUT2D eigenvalue weighted by Crippen LogP contribution is 2.44. The fourth-order valence-electron chi connectivity index (χ4n) is 5.67. The molecule has 3 N–H and O–H groups in total. The van der Waals surface area contributed by atoms with E-state index < -0.39 is 48.4 Å². The van der Waals surface area contributed by atoms with Gasteiger partial charge in [0, 0.05) is 12.0 Å². The number of carboxylic acids is 1. The van der Waals surface area contributed by atoms with Crippen molar-refractivity contribution in [2.75, 3.05) is 6.61 Å². The van der Waals surface area contributed by atoms with E-state index in [0.717, 1.165) is 27.8 Å². The Labute approximate surface area is 237 Å². The molecule has 2 aliphatic rings. The lowest BCUT2D eigenvalue weighted by Gasteiger charge is -2.23. The fraction of sp³-hybridized carbons (Fsp3) is 0.312. The number of nitrogens with one attached hydrogen (secondary N) is 2. The second-order valence-electron chi connectivity index (χ2n) is 10.4. The van der Waals surface area contributed by atoms with Gasteiger partial charge in [-0.1, -0.05) is 85.3 Å². The number of alkyl carbamates (subject to hydrolysis) is 1. The second kappa shape index (κ2) is 12.7. The number of amides is 2. The zero-order chi connectivity index (χ0) is 28.8. The number of hydrogen-bond acceptors (Lipinski definition) is 6. The molecule has 212 valence electrons. The molecule has 0 bridgehead atoms. The van der Waals surface area contributed by atoms with E-state index in [1.165, 1.54) is 0 Å². The molecule has 9 heteroatoms. The van der Waals surface area contributed by atoms with Crippen LogP contribution in [0.4, 0.5) is 4.79 Å². The zero-order valence-corrected chi connectivity index (χ0v) is 22.5. The largest absolute Gasteiger partial charge is 0.481 e. The Morgan fingerprint density at radius 2 is 1.46 bits per heavy atom. The van der Waals surface area contributed by atoms with Crippen LogP contribution in [0.25, 0.3) is 11.1 Å². The third-order valence-electron chi connectivity index (χ3n) is 7.73. The Hall–Kier alpha value is -4.66. The lowest BCUT2D eigenvalue weighted by molar-refractivity contribution is -0.147. The number of benzene rings is 3. The van der Waals surface area contributed by atoms with Gasteiger partial charge in [0.05, 0.1) is 12.3 Å². The van der Waals surface area contributed by atoms with Gasteiger partial charge >= 0.3 is 18.0 Å². The maximum Gasteiger partial charge on any atom is 0.407 e. The van der Waals surface area contributed by atoms with Gasteiger partial charge in [-0.15, -0.1) is 0 Å². The van der Waals surface area contributed by atoms with Crippen LogP contribution in [-0.4, -0.2) is 47.7 Å². The van der Waals surface area contributed by atoms with E-state index in [2.05, 4.69) is 10.6 Å². The summed E-state index contributed by atoms with van der Waals surface area (Å²) < 4.78 is 10.9. The molecule has 0 radical (unpaired) electrons. The lowest BCUT2D eigenvalue weighted by Crippen LogP contribution is -2.52. The third kappa shape index (κ3) is 6.57. The monoisotopic (exact) mass is 556 g/mol. The van der Waals surface area contributed by atoms with Crippen LogP contribution in [0.3, 0.4) is 0 Å². The number of fused-ring (bicyclic) bond motifs is 3. The summed E-state index contributed by atoms with van der Waals surface area (Å²) >= 11 is 0. The predicted octanol–water partition coefficient (Wildman–Crippen LogP) is 4.40. The lowest BCUT2D eigenvalue weighted by atomic mass is 9.98. The van der Waals surface area contributed by atoms with Crippen LogP contribution >= 0.6 is 0 Å². The number of carboxylic acid groups (broad SMARTS) is 1. The molecule has 0 heterocycles. The number of carbonyl (C=O) groups is 4. The Balaban J connectivity index is 1.24. The van der Waals surface area contributed by atoms with E-state index >= 15 is 0 Å². The molecule has 9 nitrogen and oxygen atoms in total. The highest BCUT2D eigenvalue weighted by atomic mass is 16.5. The summed E-state index contributed by atoms with van der Waals surface area (Å²) in [5.41, 5.74) is 5.03. The molecule has 3 aromatic rings. The Kier molecular flexibility index (Phi) is 8.62. The molecular weight excluding hydrogens is 524 g/mol. The van der Waals surface area contributed by atoms with Gasteiger partial charge in [0.1, 0.15) is 19.3 Å². The summed E-state index contributed by atoms with van der Waals surface area (Å²) in [4.78, 5) is 50.5. The molecule has 5 rings (SSSR count). The number of esters is 1. The first-order valence-electron chi connectivity index (χ1n) is 13.7. The van der Waals surface area contributed by atoms with Gasteiger partial charge in [0.15, 0.2) is 0 Å². The van der Waals surface area contributed by atoms with Crippen molar-refractivity contribution in [1.82, 2.24) is 10.6 Å². The first-order chi connectivity index (χ1) is 19.9. The van der Waals surface area contributed by atoms with Gasteiger partial charge in [-0.25, -0.2) is 4.79 Å². The van der Waals surface area contributed by atoms with Crippen molar-refractivity contribution >= 4 is 23.9 Å². The Bertz CT molecular complexity index is 1380. The summed E-state index contributed by atoms with van der Waals surface area (Å²) in [6, 6.07) is 23.1. The average molecular weight is 557 g/mol. The van der Waals surface area contributed by atoms with Crippen LogP contribution in [0.15, 0.2) is 78.9 Å². The van der Waals surface area contributed by atoms with Crippen molar-refractivity contribution in [3.8, 4) is 11.1 Å². The van der Waals surface area contributed by atoms with Crippen LogP contribution in [0.1, 0.15) is 48.3 Å². The summed E-state index contributed by atoms with van der Waals surface area (Å²) in [5, 5.41) is 14.7. The maximum absolute atomic E-state index is 13.2. The summed E-state index contributed by atoms with van der Waals surface area (Å²) in [6.07, 6.45) is 0.311. The fourth-order valence-corrected chi connectivity index (χ4v) is 5.67. The standard InChI is InChI=1S/C32H32N2O7/c35-29(40-18-20-9-2-1-3-10-20)17-28(30(36)33-27-16-8-15-25(27)31(37)38)34-32(39)41-19-26-23-13-6-4-11-21(23)22-12-5-7-14-24(22)26/h1-7,9-14,25-28H,8,15-19H2,(H,33,36)(H,34,39)(H,37,38)/t25?,27?,28-/m0/s1. The highest BCUT2D eigenvalue weighted by molar-refractivity contribution is 5.90. The maximum atomic E-state index is 13.2. The molecule has 0 spiro atoms. The van der Waals surface area contributed by atoms with E-state index in [1.807, 2.05) is 66.7 Å². The Morgan fingerprint density at radius 1 is 0.829 bits per heavy atom. The molecular formula is C32H32N2O7. The molecule has 2 unspecified atom stereocenters. The number of carbonyl (C=O) groups excluding carboxylic acids is 3. The minimum atomic E-state index is -1.30. The van der Waals surface area contributed by atoms with Crippen LogP contribution in [0, 0.1) is 5.92 Å². The molecule has 3 aromatic carbocycles. The van der Waals surface area contributed by atoms with E-state index in [4.69, 9.17) is 9.47 Å². The second-order valence-corrected chi connectivity index (χ2v) is 10.4. The van der Waals surface area contributed by atoms with Crippen molar-refractivity contribution in [2.24, 2.45) is 5.92 Å². The minimum Gasteiger partial charge on any atom is -0.481 e. The van der Waals surface area contributed by atoms with E-state index in [0.29, 0.717) is 19.3 Å². The third-order valence-corrected chi connectivity index (χ3v) is 7.73. The van der Waals surface area contributed by atoms with E-state index in [1.54, 1.807) is 12.1 Å². The van der Waals surface area contributed by atoms with Crippen LogP contribution < -0.4 is 10.6 Å². The smallest absolute Gasteiger partial charge is 0.407 e. The van der Waals surface area contributed by atoms with Crippen molar-refractivity contribution in [3.63, 3.8) is 0 Å². The van der Waals surface area contributed by atoms with Gasteiger partial charge < -0.3 is 25.2 Å². The summed E-state index contributed by atoms with van der Waals surface area (Å²) in [5.74, 6) is -3.23. The summed E-state index contributed by atoms with van der Waals surface area (Å²) in [6.45, 7) is 0.0546. The van der Waals surface area contributed by atoms with Crippen LogP contribution in [0.5, 0.6) is 0 Å². The van der Waals surface area contributed by atoms with Gasteiger partial charge in [0.25, 0.3) is 0 Å². The van der Waals surface area contributed by atoms with Crippen molar-refractivity contribution in [3.05, 3.63) is 95.6 Å². The first-order valence-corrected chi connectivity index (χ1v) is 13.7. The minimum absolute atomic E-state index is 0.0165. The zero-order valence-electron chi connectivity index (χ0n) is 22.5. The average Bonchev–Trinajstić information content (AvgIpc) is 3.58. The molecule has 2 aliphatic carbocycles. The molecule has 1 fully saturated rings. The van der Waals surface area contributed by atoms with Gasteiger partial charge in [-0.05, 0) is 40.7 Å². The quantitative estimate of drug-likeness (QED) is 0.316. The normalized spacial score (nSPS) is 18.0. The SMILES string of the molecule is O=C(C[C@H](NC(=O)OCC1c2ccccc2-c2ccccc21)C(=O)NC1CCCC1C(=O)O)OCc1ccccc1. The number of hydrogen-bond donors (Lipinski definition) is 3. The first kappa shape index (κ1) is 27.9. The molecule has 3 atom stereocenters. The predicted molar refractivity (Wildman–Crippen MR) is 150 cm³/mol. The summed E-state index contributed by atoms with van der Waals surface area (Å²) in [7, 11) is 0. The molecule has 0 saturated heterocycles. The topological polar surface area (TPSA) is 131 Å². The molecule has 0 aromatic heterocycles. The number of rotatable bonds is 10. The number of aliphatic carboxylic acids is 1. The molecule has 41 heavy (non-hydrogen) atoms. The number of ether oxygens (including phenoxy) is 2. The molecule has 2 amide bonds. The van der Waals surface area contributed by atoms with E-state index in [9.17, 15) is 24.3 Å². The van der Waals surface area contributed by atoms with Gasteiger partial charge in [0.2, 0.25) is 5.91 Å². The Morgan fingerprint density at radius 3 is 2.12 bits per heavy atom. The van der Waals surface area contributed by atoms with E-state index in [-0.39, 0.29) is 19.1 Å². The highest BCUT2D eigenvalue weighted by Gasteiger charge is 2.36. The van der Waals surface area contributed by atoms with Crippen molar-refractivity contribution in [2.45, 2.75) is 50.3 Å². The van der Waals surface area contributed by atoms with Gasteiger partial charge in [-0.3, -0.25) is 14.4 Å². The molecule has 0 aliphatic heterocycles. The van der Waals surface area contributed by atoms with Crippen molar-refractivity contribution < 1.29 is 33.8 Å². The van der Waals surface area contributed by atoms with Crippen molar-refractivity contribution in [1.29, 1.82) is 0 Å². The van der Waals surface area contributed by atoms with Crippen LogP contribution in [0.2, 0.25) is 0 Å². The van der Waals surface area contributed by atoms with Crippen LogP contribution in [-0.2, 0) is 30.5 Å². The van der Waals surface area contributed by atoms with Gasteiger partial charge in [-0.2, -0.15) is 0 Å².